The lowest BCUT2D eigenvalue weighted by Gasteiger charge is -2.30. The lowest BCUT2D eigenvalue weighted by Crippen LogP contribution is -2.38. The van der Waals surface area contributed by atoms with Crippen molar-refractivity contribution >= 4 is 21.9 Å². The Labute approximate surface area is 128 Å². The summed E-state index contributed by atoms with van der Waals surface area (Å²) in [5.41, 5.74) is 0. The fourth-order valence-corrected chi connectivity index (χ4v) is 2.65. The molecule has 1 saturated heterocycles. The molecule has 1 fully saturated rings. The second kappa shape index (κ2) is 7.64. The number of hydrogen-bond acceptors (Lipinski definition) is 4. The SMILES string of the molecule is COC(=O)C1CCN(CCOc2ccc(Br)cc2)CC1. The molecule has 0 spiro atoms. The number of benzene rings is 1. The van der Waals surface area contributed by atoms with E-state index in [1.54, 1.807) is 0 Å². The molecule has 1 aliphatic rings. The zero-order valence-corrected chi connectivity index (χ0v) is 13.3. The van der Waals surface area contributed by atoms with Gasteiger partial charge in [-0.25, -0.2) is 0 Å². The maximum absolute atomic E-state index is 11.4. The number of carbonyl (C=O) groups excluding carboxylic acids is 1. The summed E-state index contributed by atoms with van der Waals surface area (Å²) in [6.07, 6.45) is 1.76. The Balaban J connectivity index is 1.66. The van der Waals surface area contributed by atoms with E-state index in [2.05, 4.69) is 20.8 Å². The van der Waals surface area contributed by atoms with Crippen LogP contribution in [0, 0.1) is 5.92 Å². The van der Waals surface area contributed by atoms with Crippen LogP contribution in [0.15, 0.2) is 28.7 Å². The third-order valence-electron chi connectivity index (χ3n) is 3.61. The first-order chi connectivity index (χ1) is 9.69. The molecule has 0 bridgehead atoms. The molecule has 2 rings (SSSR count). The molecule has 20 heavy (non-hydrogen) atoms. The minimum Gasteiger partial charge on any atom is -0.492 e. The van der Waals surface area contributed by atoms with Gasteiger partial charge in [-0.2, -0.15) is 0 Å². The number of esters is 1. The van der Waals surface area contributed by atoms with Crippen molar-refractivity contribution in [3.8, 4) is 5.75 Å². The van der Waals surface area contributed by atoms with E-state index in [4.69, 9.17) is 9.47 Å². The van der Waals surface area contributed by atoms with Crippen LogP contribution in [0.5, 0.6) is 5.75 Å². The second-order valence-electron chi connectivity index (χ2n) is 4.94. The normalized spacial score (nSPS) is 16.9. The van der Waals surface area contributed by atoms with E-state index in [0.29, 0.717) is 6.61 Å². The van der Waals surface area contributed by atoms with E-state index >= 15 is 0 Å². The molecule has 0 aromatic heterocycles. The smallest absolute Gasteiger partial charge is 0.308 e. The maximum atomic E-state index is 11.4. The fourth-order valence-electron chi connectivity index (χ4n) is 2.38. The molecule has 0 radical (unpaired) electrons. The molecular formula is C15H20BrNO3. The summed E-state index contributed by atoms with van der Waals surface area (Å²) in [6.45, 7) is 3.43. The Morgan fingerprint density at radius 2 is 1.95 bits per heavy atom. The van der Waals surface area contributed by atoms with E-state index in [9.17, 15) is 4.79 Å². The van der Waals surface area contributed by atoms with E-state index in [1.807, 2.05) is 24.3 Å². The topological polar surface area (TPSA) is 38.8 Å². The lowest BCUT2D eigenvalue weighted by atomic mass is 9.97. The zero-order valence-electron chi connectivity index (χ0n) is 11.7. The summed E-state index contributed by atoms with van der Waals surface area (Å²) < 4.78 is 11.5. The van der Waals surface area contributed by atoms with Crippen molar-refractivity contribution < 1.29 is 14.3 Å². The molecule has 0 aliphatic carbocycles. The number of likely N-dealkylation sites (tertiary alicyclic amines) is 1. The number of halogens is 1. The van der Waals surface area contributed by atoms with Gasteiger partial charge in [0, 0.05) is 11.0 Å². The maximum Gasteiger partial charge on any atom is 0.308 e. The number of rotatable bonds is 5. The van der Waals surface area contributed by atoms with Gasteiger partial charge in [-0.15, -0.1) is 0 Å². The number of carbonyl (C=O) groups is 1. The van der Waals surface area contributed by atoms with Crippen molar-refractivity contribution in [2.24, 2.45) is 5.92 Å². The molecule has 4 nitrogen and oxygen atoms in total. The van der Waals surface area contributed by atoms with Crippen LogP contribution in [0.4, 0.5) is 0 Å². The minimum atomic E-state index is -0.0734. The van der Waals surface area contributed by atoms with Crippen LogP contribution < -0.4 is 4.74 Å². The van der Waals surface area contributed by atoms with Crippen molar-refractivity contribution in [3.63, 3.8) is 0 Å². The first-order valence-electron chi connectivity index (χ1n) is 6.87. The Morgan fingerprint density at radius 3 is 2.55 bits per heavy atom. The largest absolute Gasteiger partial charge is 0.492 e. The Kier molecular flexibility index (Phi) is 5.86. The summed E-state index contributed by atoms with van der Waals surface area (Å²) in [5, 5.41) is 0. The van der Waals surface area contributed by atoms with Crippen LogP contribution in [0.1, 0.15) is 12.8 Å². The monoisotopic (exact) mass is 341 g/mol. The zero-order chi connectivity index (χ0) is 14.4. The Morgan fingerprint density at radius 1 is 1.30 bits per heavy atom. The number of methoxy groups -OCH3 is 1. The molecule has 1 aromatic rings. The van der Waals surface area contributed by atoms with E-state index < -0.39 is 0 Å². The average Bonchev–Trinajstić information content (AvgIpc) is 2.49. The molecular weight excluding hydrogens is 322 g/mol. The highest BCUT2D eigenvalue weighted by molar-refractivity contribution is 9.10. The third kappa shape index (κ3) is 4.49. The van der Waals surface area contributed by atoms with Gasteiger partial charge >= 0.3 is 5.97 Å². The van der Waals surface area contributed by atoms with E-state index in [1.165, 1.54) is 7.11 Å². The predicted octanol–water partition coefficient (Wildman–Crippen LogP) is 2.71. The van der Waals surface area contributed by atoms with Crippen LogP contribution in [-0.4, -0.2) is 44.2 Å². The Hall–Kier alpha value is -1.07. The minimum absolute atomic E-state index is 0.0728. The summed E-state index contributed by atoms with van der Waals surface area (Å²) >= 11 is 3.40. The summed E-state index contributed by atoms with van der Waals surface area (Å²) in [4.78, 5) is 13.8. The second-order valence-corrected chi connectivity index (χ2v) is 5.86. The van der Waals surface area contributed by atoms with Gasteiger partial charge in [-0.05, 0) is 50.2 Å². The van der Waals surface area contributed by atoms with Gasteiger partial charge in [0.15, 0.2) is 0 Å². The van der Waals surface area contributed by atoms with Crippen LogP contribution in [0.2, 0.25) is 0 Å². The van der Waals surface area contributed by atoms with E-state index in [-0.39, 0.29) is 11.9 Å². The molecule has 1 heterocycles. The molecule has 0 saturated carbocycles. The number of piperidine rings is 1. The van der Waals surface area contributed by atoms with Gasteiger partial charge in [0.25, 0.3) is 0 Å². The standard InChI is InChI=1S/C15H20BrNO3/c1-19-15(18)12-6-8-17(9-7-12)10-11-20-14-4-2-13(16)3-5-14/h2-5,12H,6-11H2,1H3. The van der Waals surface area contributed by atoms with Gasteiger partial charge < -0.3 is 9.47 Å². The van der Waals surface area contributed by atoms with Crippen molar-refractivity contribution in [1.82, 2.24) is 4.90 Å². The first-order valence-corrected chi connectivity index (χ1v) is 7.67. The van der Waals surface area contributed by atoms with Crippen LogP contribution in [0.3, 0.4) is 0 Å². The van der Waals surface area contributed by atoms with Gasteiger partial charge in [0.2, 0.25) is 0 Å². The van der Waals surface area contributed by atoms with E-state index in [0.717, 1.165) is 42.7 Å². The molecule has 5 heteroatoms. The molecule has 1 aliphatic heterocycles. The number of ether oxygens (including phenoxy) is 2. The predicted molar refractivity (Wildman–Crippen MR) is 80.8 cm³/mol. The quantitative estimate of drug-likeness (QED) is 0.772. The van der Waals surface area contributed by atoms with Gasteiger partial charge in [0.05, 0.1) is 13.0 Å². The van der Waals surface area contributed by atoms with Gasteiger partial charge in [-0.3, -0.25) is 9.69 Å². The van der Waals surface area contributed by atoms with Crippen molar-refractivity contribution in [3.05, 3.63) is 28.7 Å². The van der Waals surface area contributed by atoms with Crippen molar-refractivity contribution in [2.75, 3.05) is 33.4 Å². The molecule has 1 aromatic carbocycles. The molecule has 0 amide bonds. The van der Waals surface area contributed by atoms with Crippen LogP contribution in [0.25, 0.3) is 0 Å². The van der Waals surface area contributed by atoms with Crippen molar-refractivity contribution in [1.29, 1.82) is 0 Å². The highest BCUT2D eigenvalue weighted by atomic mass is 79.9. The average molecular weight is 342 g/mol. The van der Waals surface area contributed by atoms with Gasteiger partial charge in [0.1, 0.15) is 12.4 Å². The first kappa shape index (κ1) is 15.3. The molecule has 0 N–H and O–H groups in total. The van der Waals surface area contributed by atoms with Crippen molar-refractivity contribution in [2.45, 2.75) is 12.8 Å². The summed E-state index contributed by atoms with van der Waals surface area (Å²) in [6, 6.07) is 7.84. The highest BCUT2D eigenvalue weighted by Crippen LogP contribution is 2.19. The fraction of sp³-hybridized carbons (Fsp3) is 0.533. The molecule has 0 atom stereocenters. The third-order valence-corrected chi connectivity index (χ3v) is 4.14. The highest BCUT2D eigenvalue weighted by Gasteiger charge is 2.25. The summed E-state index contributed by atoms with van der Waals surface area (Å²) in [5.74, 6) is 0.886. The molecule has 110 valence electrons. The van der Waals surface area contributed by atoms with Crippen LogP contribution in [-0.2, 0) is 9.53 Å². The number of hydrogen-bond donors (Lipinski definition) is 0. The number of nitrogens with zero attached hydrogens (tertiary/aromatic N) is 1. The lowest BCUT2D eigenvalue weighted by molar-refractivity contribution is -0.147. The molecule has 0 unspecified atom stereocenters. The Bertz CT molecular complexity index is 427. The summed E-state index contributed by atoms with van der Waals surface area (Å²) in [7, 11) is 1.46. The van der Waals surface area contributed by atoms with Crippen LogP contribution >= 0.6 is 15.9 Å². The van der Waals surface area contributed by atoms with Gasteiger partial charge in [-0.1, -0.05) is 15.9 Å².